The van der Waals surface area contributed by atoms with E-state index >= 15 is 0 Å². The van der Waals surface area contributed by atoms with Gasteiger partial charge in [0.05, 0.1) is 5.75 Å². The van der Waals surface area contributed by atoms with Gasteiger partial charge in [-0.25, -0.2) is 4.98 Å². The zero-order chi connectivity index (χ0) is 12.1. The molecule has 0 radical (unpaired) electrons. The summed E-state index contributed by atoms with van der Waals surface area (Å²) in [5.74, 6) is 2.44. The number of aryl methyl sites for hydroxylation is 1. The number of hydrogen-bond acceptors (Lipinski definition) is 3. The highest BCUT2D eigenvalue weighted by molar-refractivity contribution is 7.84. The molecule has 2 nitrogen and oxygen atoms in total. The standard InChI is InChI=1S/C13H21NOS2/c1-11-9-14-13(16-11)10-17(15)8-4-7-12-5-2-3-6-12/h9,12H,2-8,10H2,1H3. The highest BCUT2D eigenvalue weighted by atomic mass is 32.2. The van der Waals surface area contributed by atoms with E-state index in [4.69, 9.17) is 0 Å². The van der Waals surface area contributed by atoms with E-state index in [0.717, 1.165) is 23.1 Å². The van der Waals surface area contributed by atoms with E-state index in [-0.39, 0.29) is 0 Å². The number of aromatic nitrogens is 1. The molecule has 1 saturated carbocycles. The summed E-state index contributed by atoms with van der Waals surface area (Å²) in [5.41, 5.74) is 0. The summed E-state index contributed by atoms with van der Waals surface area (Å²) in [5, 5.41) is 1.03. The van der Waals surface area contributed by atoms with Crippen molar-refractivity contribution in [1.82, 2.24) is 4.98 Å². The maximum Gasteiger partial charge on any atom is 0.105 e. The molecule has 1 aromatic rings. The summed E-state index contributed by atoms with van der Waals surface area (Å²) in [6.07, 6.45) is 9.90. The van der Waals surface area contributed by atoms with Crippen molar-refractivity contribution in [2.45, 2.75) is 51.2 Å². The molecule has 1 aromatic heterocycles. The molecule has 17 heavy (non-hydrogen) atoms. The topological polar surface area (TPSA) is 30.0 Å². The molecule has 0 amide bonds. The summed E-state index contributed by atoms with van der Waals surface area (Å²) < 4.78 is 11.9. The lowest BCUT2D eigenvalue weighted by molar-refractivity contribution is 0.497. The summed E-state index contributed by atoms with van der Waals surface area (Å²) in [6.45, 7) is 2.05. The van der Waals surface area contributed by atoms with Crippen LogP contribution < -0.4 is 0 Å². The molecule has 1 heterocycles. The molecule has 4 heteroatoms. The molecule has 1 fully saturated rings. The highest BCUT2D eigenvalue weighted by Gasteiger charge is 2.15. The second-order valence-corrected chi connectivity index (χ2v) is 7.84. The number of hydrogen-bond donors (Lipinski definition) is 0. The molecule has 96 valence electrons. The van der Waals surface area contributed by atoms with Crippen LogP contribution in [0.3, 0.4) is 0 Å². The van der Waals surface area contributed by atoms with Crippen LogP contribution in [0.2, 0.25) is 0 Å². The summed E-state index contributed by atoms with van der Waals surface area (Å²) in [6, 6.07) is 0. The van der Waals surface area contributed by atoms with Gasteiger partial charge in [-0.15, -0.1) is 11.3 Å². The monoisotopic (exact) mass is 271 g/mol. The highest BCUT2D eigenvalue weighted by Crippen LogP contribution is 2.28. The number of nitrogens with zero attached hydrogens (tertiary/aromatic N) is 1. The lowest BCUT2D eigenvalue weighted by Crippen LogP contribution is -2.03. The van der Waals surface area contributed by atoms with Crippen LogP contribution in [0.1, 0.15) is 48.4 Å². The minimum Gasteiger partial charge on any atom is -0.259 e. The molecule has 0 N–H and O–H groups in total. The zero-order valence-corrected chi connectivity index (χ0v) is 12.1. The van der Waals surface area contributed by atoms with Gasteiger partial charge in [0.2, 0.25) is 0 Å². The van der Waals surface area contributed by atoms with Crippen LogP contribution in [0.15, 0.2) is 6.20 Å². The molecule has 1 aliphatic carbocycles. The van der Waals surface area contributed by atoms with E-state index < -0.39 is 10.8 Å². The molecule has 0 saturated heterocycles. The fourth-order valence-corrected chi connectivity index (χ4v) is 4.71. The van der Waals surface area contributed by atoms with Gasteiger partial charge < -0.3 is 0 Å². The summed E-state index contributed by atoms with van der Waals surface area (Å²) in [7, 11) is -0.710. The average molecular weight is 271 g/mol. The number of rotatable bonds is 6. The van der Waals surface area contributed by atoms with Crippen LogP contribution in [0.25, 0.3) is 0 Å². The first-order valence-electron chi connectivity index (χ1n) is 6.50. The second-order valence-electron chi connectivity index (χ2n) is 4.95. The molecule has 0 spiro atoms. The van der Waals surface area contributed by atoms with Crippen molar-refractivity contribution in [3.05, 3.63) is 16.1 Å². The molecule has 0 aliphatic heterocycles. The normalized spacial score (nSPS) is 18.6. The van der Waals surface area contributed by atoms with Gasteiger partial charge in [0, 0.05) is 27.6 Å². The van der Waals surface area contributed by atoms with Gasteiger partial charge in [-0.2, -0.15) is 0 Å². The molecular formula is C13H21NOS2. The van der Waals surface area contributed by atoms with Crippen molar-refractivity contribution in [3.63, 3.8) is 0 Å². The fraction of sp³-hybridized carbons (Fsp3) is 0.769. The van der Waals surface area contributed by atoms with E-state index in [1.807, 2.05) is 13.1 Å². The Hall–Kier alpha value is -0.220. The SMILES string of the molecule is Cc1cnc(CS(=O)CCCC2CCCC2)s1. The first kappa shape index (κ1) is 13.2. The van der Waals surface area contributed by atoms with Crippen LogP contribution in [-0.4, -0.2) is 14.9 Å². The van der Waals surface area contributed by atoms with Gasteiger partial charge >= 0.3 is 0 Å². The van der Waals surface area contributed by atoms with Crippen molar-refractivity contribution < 1.29 is 4.21 Å². The van der Waals surface area contributed by atoms with Crippen LogP contribution in [0.4, 0.5) is 0 Å². The minimum absolute atomic E-state index is 0.656. The van der Waals surface area contributed by atoms with E-state index in [0.29, 0.717) is 5.75 Å². The maximum absolute atomic E-state index is 11.9. The van der Waals surface area contributed by atoms with Crippen LogP contribution in [-0.2, 0) is 16.6 Å². The molecule has 1 atom stereocenters. The Kier molecular flexibility index (Phi) is 5.16. The summed E-state index contributed by atoms with van der Waals surface area (Å²) in [4.78, 5) is 5.48. The van der Waals surface area contributed by atoms with Crippen molar-refractivity contribution in [2.24, 2.45) is 5.92 Å². The molecule has 1 aliphatic rings. The average Bonchev–Trinajstić information content (AvgIpc) is 2.90. The van der Waals surface area contributed by atoms with Crippen LogP contribution in [0.5, 0.6) is 0 Å². The van der Waals surface area contributed by atoms with Gasteiger partial charge in [0.25, 0.3) is 0 Å². The van der Waals surface area contributed by atoms with Gasteiger partial charge in [-0.3, -0.25) is 4.21 Å². The lowest BCUT2D eigenvalue weighted by atomic mass is 10.0. The maximum atomic E-state index is 11.9. The fourth-order valence-electron chi connectivity index (χ4n) is 2.51. The Labute approximate surface area is 110 Å². The van der Waals surface area contributed by atoms with E-state index in [1.54, 1.807) is 11.3 Å². The predicted octanol–water partition coefficient (Wildman–Crippen LogP) is 3.67. The Balaban J connectivity index is 1.63. The zero-order valence-electron chi connectivity index (χ0n) is 10.5. The predicted molar refractivity (Wildman–Crippen MR) is 74.8 cm³/mol. The van der Waals surface area contributed by atoms with Crippen molar-refractivity contribution in [3.8, 4) is 0 Å². The third-order valence-electron chi connectivity index (χ3n) is 3.41. The van der Waals surface area contributed by atoms with E-state index in [9.17, 15) is 4.21 Å². The molecule has 1 unspecified atom stereocenters. The molecule has 0 bridgehead atoms. The van der Waals surface area contributed by atoms with Crippen molar-refractivity contribution in [1.29, 1.82) is 0 Å². The van der Waals surface area contributed by atoms with Gasteiger partial charge in [0.15, 0.2) is 0 Å². The van der Waals surface area contributed by atoms with Gasteiger partial charge in [-0.1, -0.05) is 25.7 Å². The number of thiazole rings is 1. The molecular weight excluding hydrogens is 250 g/mol. The smallest absolute Gasteiger partial charge is 0.105 e. The first-order valence-corrected chi connectivity index (χ1v) is 8.81. The van der Waals surface area contributed by atoms with E-state index in [2.05, 4.69) is 4.98 Å². The Morgan fingerprint density at radius 3 is 2.88 bits per heavy atom. The molecule has 0 aromatic carbocycles. The minimum atomic E-state index is -0.710. The van der Waals surface area contributed by atoms with Crippen LogP contribution in [0, 0.1) is 12.8 Å². The van der Waals surface area contributed by atoms with Gasteiger partial charge in [0.1, 0.15) is 5.01 Å². The third-order valence-corrected chi connectivity index (χ3v) is 5.85. The third kappa shape index (κ3) is 4.51. The molecule has 2 rings (SSSR count). The van der Waals surface area contributed by atoms with E-state index in [1.165, 1.54) is 37.0 Å². The Bertz CT molecular complexity index is 369. The largest absolute Gasteiger partial charge is 0.259 e. The van der Waals surface area contributed by atoms with Gasteiger partial charge in [-0.05, 0) is 25.7 Å². The first-order chi connectivity index (χ1) is 8.24. The quantitative estimate of drug-likeness (QED) is 0.790. The Morgan fingerprint density at radius 1 is 1.47 bits per heavy atom. The summed E-state index contributed by atoms with van der Waals surface area (Å²) >= 11 is 1.67. The van der Waals surface area contributed by atoms with Crippen molar-refractivity contribution >= 4 is 22.1 Å². The lowest BCUT2D eigenvalue weighted by Gasteiger charge is -2.07. The Morgan fingerprint density at radius 2 is 2.24 bits per heavy atom. The second kappa shape index (κ2) is 6.64. The van der Waals surface area contributed by atoms with Crippen LogP contribution >= 0.6 is 11.3 Å². The van der Waals surface area contributed by atoms with Crippen molar-refractivity contribution in [2.75, 3.05) is 5.75 Å².